The molecule has 5 heteroatoms. The third kappa shape index (κ3) is 3.24. The Morgan fingerprint density at radius 3 is 2.50 bits per heavy atom. The number of halogens is 2. The third-order valence-electron chi connectivity index (χ3n) is 1.60. The van der Waals surface area contributed by atoms with E-state index in [1.807, 2.05) is 13.8 Å². The number of anilines is 1. The minimum Gasteiger partial charge on any atom is -0.710 e. The van der Waals surface area contributed by atoms with Gasteiger partial charge in [0.15, 0.2) is 0 Å². The van der Waals surface area contributed by atoms with Crippen LogP contribution in [0.4, 0.5) is 5.82 Å². The zero-order valence-corrected chi connectivity index (χ0v) is 9.95. The first-order chi connectivity index (χ1) is 6.00. The van der Waals surface area contributed by atoms with E-state index in [2.05, 4.69) is 5.32 Å². The molecule has 1 aromatic rings. The fraction of sp³-hybridized carbons (Fsp3) is 0.444. The van der Waals surface area contributed by atoms with E-state index < -0.39 is 0 Å². The van der Waals surface area contributed by atoms with E-state index in [-0.39, 0.29) is 18.4 Å². The molecule has 0 saturated carbocycles. The smallest absolute Gasteiger partial charge is 0.279 e. The number of aromatic nitrogens is 1. The van der Waals surface area contributed by atoms with Gasteiger partial charge in [-0.05, 0) is 26.8 Å². The number of aryl methyl sites for hydroxylation is 1. The first-order valence-corrected chi connectivity index (χ1v) is 4.54. The molecule has 0 saturated heterocycles. The van der Waals surface area contributed by atoms with Crippen molar-refractivity contribution in [2.24, 2.45) is 0 Å². The van der Waals surface area contributed by atoms with Crippen LogP contribution in [0, 0.1) is 12.1 Å². The van der Waals surface area contributed by atoms with Crippen molar-refractivity contribution in [1.29, 1.82) is 0 Å². The largest absolute Gasteiger partial charge is 0.710 e. The van der Waals surface area contributed by atoms with Crippen LogP contribution >= 0.6 is 24.0 Å². The van der Waals surface area contributed by atoms with Crippen LogP contribution < -0.4 is 10.0 Å². The molecule has 0 fully saturated rings. The van der Waals surface area contributed by atoms with Gasteiger partial charge in [-0.25, -0.2) is 4.73 Å². The normalized spacial score (nSPS) is 9.79. The SMILES string of the molecule is Cc1cc(Cl)cc(NC(C)C)[n+]1[O-].Cl. The molecule has 80 valence electrons. The van der Waals surface area contributed by atoms with E-state index in [1.54, 1.807) is 19.1 Å². The zero-order chi connectivity index (χ0) is 10.0. The standard InChI is InChI=1S/C9H13ClN2O.ClH/c1-6(2)11-9-5-8(10)4-7(3)12(9)13;/h4-6,11H,1-3H3;1H. The van der Waals surface area contributed by atoms with Gasteiger partial charge in [0.2, 0.25) is 0 Å². The fourth-order valence-corrected chi connectivity index (χ4v) is 1.34. The quantitative estimate of drug-likeness (QED) is 0.634. The summed E-state index contributed by atoms with van der Waals surface area (Å²) in [7, 11) is 0. The van der Waals surface area contributed by atoms with Crippen LogP contribution in [0.25, 0.3) is 0 Å². The summed E-state index contributed by atoms with van der Waals surface area (Å²) in [5.41, 5.74) is 0.593. The Labute approximate surface area is 95.1 Å². The van der Waals surface area contributed by atoms with Crippen molar-refractivity contribution in [1.82, 2.24) is 0 Å². The molecule has 0 atom stereocenters. The summed E-state index contributed by atoms with van der Waals surface area (Å²) in [4.78, 5) is 0. The van der Waals surface area contributed by atoms with Crippen LogP contribution in [0.15, 0.2) is 12.1 Å². The Morgan fingerprint density at radius 1 is 1.43 bits per heavy atom. The highest BCUT2D eigenvalue weighted by Crippen LogP contribution is 2.13. The van der Waals surface area contributed by atoms with Crippen molar-refractivity contribution in [3.05, 3.63) is 28.1 Å². The Bertz CT molecular complexity index is 316. The second-order valence-corrected chi connectivity index (χ2v) is 3.73. The molecule has 1 aromatic heterocycles. The lowest BCUT2D eigenvalue weighted by molar-refractivity contribution is -0.597. The summed E-state index contributed by atoms with van der Waals surface area (Å²) in [6, 6.07) is 3.49. The van der Waals surface area contributed by atoms with Crippen molar-refractivity contribution >= 4 is 29.8 Å². The summed E-state index contributed by atoms with van der Waals surface area (Å²) in [5.74, 6) is 0.500. The molecule has 1 heterocycles. The van der Waals surface area contributed by atoms with E-state index in [4.69, 9.17) is 11.6 Å². The molecular formula is C9H14Cl2N2O. The summed E-state index contributed by atoms with van der Waals surface area (Å²) in [6.45, 7) is 5.66. The van der Waals surface area contributed by atoms with E-state index in [0.29, 0.717) is 16.5 Å². The fourth-order valence-electron chi connectivity index (χ4n) is 1.08. The van der Waals surface area contributed by atoms with Gasteiger partial charge < -0.3 is 5.21 Å². The summed E-state index contributed by atoms with van der Waals surface area (Å²) in [5, 5.41) is 15.0. The lowest BCUT2D eigenvalue weighted by Crippen LogP contribution is -2.35. The first-order valence-electron chi connectivity index (χ1n) is 4.17. The maximum absolute atomic E-state index is 11.5. The monoisotopic (exact) mass is 236 g/mol. The Hall–Kier alpha value is -0.670. The van der Waals surface area contributed by atoms with Crippen LogP contribution in [-0.2, 0) is 0 Å². The molecule has 0 bridgehead atoms. The maximum atomic E-state index is 11.5. The minimum absolute atomic E-state index is 0. The third-order valence-corrected chi connectivity index (χ3v) is 1.82. The Kier molecular flexibility index (Phi) is 5.02. The molecule has 14 heavy (non-hydrogen) atoms. The van der Waals surface area contributed by atoms with Crippen molar-refractivity contribution in [2.75, 3.05) is 5.32 Å². The second kappa shape index (κ2) is 5.27. The average molecular weight is 237 g/mol. The molecule has 0 aliphatic carbocycles. The number of hydrogen-bond acceptors (Lipinski definition) is 2. The van der Waals surface area contributed by atoms with Crippen molar-refractivity contribution in [2.45, 2.75) is 26.8 Å². The van der Waals surface area contributed by atoms with Crippen molar-refractivity contribution < 1.29 is 4.73 Å². The number of pyridine rings is 1. The maximum Gasteiger partial charge on any atom is 0.279 e. The van der Waals surface area contributed by atoms with Crippen LogP contribution in [0.1, 0.15) is 19.5 Å². The van der Waals surface area contributed by atoms with Gasteiger partial charge >= 0.3 is 0 Å². The lowest BCUT2D eigenvalue weighted by Gasteiger charge is -2.13. The van der Waals surface area contributed by atoms with Crippen LogP contribution in [0.3, 0.4) is 0 Å². The molecular weight excluding hydrogens is 223 g/mol. The van der Waals surface area contributed by atoms with Gasteiger partial charge in [0.1, 0.15) is 5.69 Å². The molecule has 0 amide bonds. The molecule has 0 radical (unpaired) electrons. The zero-order valence-electron chi connectivity index (χ0n) is 8.37. The Balaban J connectivity index is 0.00000169. The van der Waals surface area contributed by atoms with E-state index in [0.717, 1.165) is 4.73 Å². The van der Waals surface area contributed by atoms with Gasteiger partial charge in [0.25, 0.3) is 5.82 Å². The van der Waals surface area contributed by atoms with Gasteiger partial charge in [0.05, 0.1) is 11.1 Å². The second-order valence-electron chi connectivity index (χ2n) is 3.29. The lowest BCUT2D eigenvalue weighted by atomic mass is 10.3. The topological polar surface area (TPSA) is 39.0 Å². The predicted molar refractivity (Wildman–Crippen MR) is 61.2 cm³/mol. The molecule has 1 N–H and O–H groups in total. The summed E-state index contributed by atoms with van der Waals surface area (Å²) < 4.78 is 0.839. The van der Waals surface area contributed by atoms with Gasteiger partial charge in [-0.15, -0.1) is 12.4 Å². The van der Waals surface area contributed by atoms with Crippen molar-refractivity contribution in [3.63, 3.8) is 0 Å². The molecule has 0 spiro atoms. The van der Waals surface area contributed by atoms with Crippen molar-refractivity contribution in [3.8, 4) is 0 Å². The van der Waals surface area contributed by atoms with Gasteiger partial charge in [-0.3, -0.25) is 5.32 Å². The summed E-state index contributed by atoms with van der Waals surface area (Å²) in [6.07, 6.45) is 0. The van der Waals surface area contributed by atoms with Crippen LogP contribution in [0.2, 0.25) is 5.02 Å². The highest BCUT2D eigenvalue weighted by atomic mass is 35.5. The number of hydrogen-bond donors (Lipinski definition) is 1. The predicted octanol–water partition coefficient (Wildman–Crippen LogP) is 2.52. The highest BCUT2D eigenvalue weighted by Gasteiger charge is 2.09. The summed E-state index contributed by atoms with van der Waals surface area (Å²) >= 11 is 5.81. The van der Waals surface area contributed by atoms with E-state index in [9.17, 15) is 5.21 Å². The minimum atomic E-state index is 0. The molecule has 1 rings (SSSR count). The highest BCUT2D eigenvalue weighted by molar-refractivity contribution is 6.30. The van der Waals surface area contributed by atoms with Gasteiger partial charge in [0, 0.05) is 6.07 Å². The van der Waals surface area contributed by atoms with Gasteiger partial charge in [-0.2, -0.15) is 0 Å². The molecule has 0 aromatic carbocycles. The molecule has 0 unspecified atom stereocenters. The average Bonchev–Trinajstić information content (AvgIpc) is 1.98. The van der Waals surface area contributed by atoms with Gasteiger partial charge in [-0.1, -0.05) is 11.6 Å². The Morgan fingerprint density at radius 2 is 2.00 bits per heavy atom. The molecule has 3 nitrogen and oxygen atoms in total. The number of rotatable bonds is 2. The van der Waals surface area contributed by atoms with E-state index >= 15 is 0 Å². The number of nitrogens with zero attached hydrogens (tertiary/aromatic N) is 1. The molecule has 0 aliphatic heterocycles. The van der Waals surface area contributed by atoms with E-state index in [1.165, 1.54) is 0 Å². The molecule has 0 aliphatic rings. The van der Waals surface area contributed by atoms with Crippen LogP contribution in [0.5, 0.6) is 0 Å². The van der Waals surface area contributed by atoms with Crippen LogP contribution in [-0.4, -0.2) is 6.04 Å². The first kappa shape index (κ1) is 13.3. The number of nitrogens with one attached hydrogen (secondary N) is 1.